The zero-order valence-corrected chi connectivity index (χ0v) is 24.8. The molecule has 4 aromatic rings. The van der Waals surface area contributed by atoms with Gasteiger partial charge in [-0.3, -0.25) is 14.4 Å². The topological polar surface area (TPSA) is 106 Å². The molecule has 3 amide bonds. The summed E-state index contributed by atoms with van der Waals surface area (Å²) in [5.74, 6) is 0.574. The van der Waals surface area contributed by atoms with E-state index in [0.717, 1.165) is 10.6 Å². The van der Waals surface area contributed by atoms with Gasteiger partial charge in [0.1, 0.15) is 17.2 Å². The maximum Gasteiger partial charge on any atom is 0.272 e. The summed E-state index contributed by atoms with van der Waals surface area (Å²) >= 11 is 1.34. The van der Waals surface area contributed by atoms with E-state index in [9.17, 15) is 14.4 Å². The minimum Gasteiger partial charge on any atom is -0.494 e. The van der Waals surface area contributed by atoms with Gasteiger partial charge in [0, 0.05) is 21.8 Å². The summed E-state index contributed by atoms with van der Waals surface area (Å²) in [6, 6.07) is 30.3. The monoisotopic (exact) mass is 595 g/mol. The molecular formula is C34H33N3O5S. The average molecular weight is 596 g/mol. The molecule has 8 nitrogen and oxygen atoms in total. The minimum atomic E-state index is -0.492. The molecule has 0 atom stereocenters. The number of carbonyl (C=O) groups is 3. The van der Waals surface area contributed by atoms with Gasteiger partial charge in [-0.1, -0.05) is 36.4 Å². The molecule has 0 unspecified atom stereocenters. The van der Waals surface area contributed by atoms with Crippen molar-refractivity contribution in [2.45, 2.75) is 18.7 Å². The average Bonchev–Trinajstić information content (AvgIpc) is 3.02. The second kappa shape index (κ2) is 15.8. The molecule has 0 fully saturated rings. The van der Waals surface area contributed by atoms with Crippen molar-refractivity contribution >= 4 is 46.9 Å². The van der Waals surface area contributed by atoms with E-state index in [1.807, 2.05) is 38.1 Å². The van der Waals surface area contributed by atoms with Gasteiger partial charge in [-0.05, 0) is 92.2 Å². The molecule has 0 aromatic heterocycles. The van der Waals surface area contributed by atoms with Crippen LogP contribution in [-0.2, 0) is 9.59 Å². The standard InChI is InChI=1S/C34H33N3O5S/c1-3-41-28-17-13-24(14-18-28)21-31(37-33(39)25-9-6-5-7-10-25)34(40)36-27-11-8-12-30(22-27)43-23-32(38)35-26-15-19-29(20-16-26)42-4-2/h5-22H,3-4,23H2,1-2H3,(H,35,38)(H,36,40)(H,37,39)/b31-21+. The van der Waals surface area contributed by atoms with Crippen molar-refractivity contribution in [3.63, 3.8) is 0 Å². The Morgan fingerprint density at radius 2 is 1.37 bits per heavy atom. The maximum absolute atomic E-state index is 13.4. The Morgan fingerprint density at radius 1 is 0.721 bits per heavy atom. The van der Waals surface area contributed by atoms with Gasteiger partial charge in [0.25, 0.3) is 11.8 Å². The fourth-order valence-electron chi connectivity index (χ4n) is 3.95. The van der Waals surface area contributed by atoms with Crippen LogP contribution in [0.1, 0.15) is 29.8 Å². The van der Waals surface area contributed by atoms with E-state index in [-0.39, 0.29) is 17.4 Å². The highest BCUT2D eigenvalue weighted by atomic mass is 32.2. The van der Waals surface area contributed by atoms with E-state index in [1.54, 1.807) is 84.9 Å². The van der Waals surface area contributed by atoms with Crippen LogP contribution in [0.4, 0.5) is 11.4 Å². The van der Waals surface area contributed by atoms with E-state index in [1.165, 1.54) is 11.8 Å². The largest absolute Gasteiger partial charge is 0.494 e. The van der Waals surface area contributed by atoms with Crippen molar-refractivity contribution in [3.8, 4) is 11.5 Å². The lowest BCUT2D eigenvalue weighted by atomic mass is 10.1. The molecule has 0 aliphatic carbocycles. The van der Waals surface area contributed by atoms with Gasteiger partial charge in [-0.15, -0.1) is 11.8 Å². The minimum absolute atomic E-state index is 0.0748. The van der Waals surface area contributed by atoms with Crippen LogP contribution in [0.2, 0.25) is 0 Å². The Hall–Kier alpha value is -5.02. The van der Waals surface area contributed by atoms with Crippen LogP contribution < -0.4 is 25.4 Å². The summed E-state index contributed by atoms with van der Waals surface area (Å²) in [6.07, 6.45) is 1.61. The molecule has 43 heavy (non-hydrogen) atoms. The molecule has 0 saturated carbocycles. The number of thioether (sulfide) groups is 1. The number of hydrogen-bond donors (Lipinski definition) is 3. The highest BCUT2D eigenvalue weighted by Gasteiger charge is 2.16. The molecule has 220 valence electrons. The molecule has 4 aromatic carbocycles. The first-order chi connectivity index (χ1) is 20.9. The van der Waals surface area contributed by atoms with Gasteiger partial charge in [-0.25, -0.2) is 0 Å². The van der Waals surface area contributed by atoms with Crippen molar-refractivity contribution in [3.05, 3.63) is 120 Å². The van der Waals surface area contributed by atoms with Crippen LogP contribution in [0.25, 0.3) is 6.08 Å². The zero-order valence-electron chi connectivity index (χ0n) is 24.0. The highest BCUT2D eigenvalue weighted by Crippen LogP contribution is 2.23. The second-order valence-electron chi connectivity index (χ2n) is 9.16. The third-order valence-electron chi connectivity index (χ3n) is 5.94. The second-order valence-corrected chi connectivity index (χ2v) is 10.2. The molecule has 3 N–H and O–H groups in total. The molecule has 9 heteroatoms. The molecule has 0 spiro atoms. The third kappa shape index (κ3) is 9.79. The Kier molecular flexibility index (Phi) is 11.4. The SMILES string of the molecule is CCOc1ccc(/C=C(/NC(=O)c2ccccc2)C(=O)Nc2cccc(SCC(=O)Nc3ccc(OCC)cc3)c2)cc1. The fourth-order valence-corrected chi connectivity index (χ4v) is 4.70. The Bertz CT molecular complexity index is 1560. The number of amides is 3. The summed E-state index contributed by atoms with van der Waals surface area (Å²) in [5, 5.41) is 8.47. The van der Waals surface area contributed by atoms with E-state index in [2.05, 4.69) is 16.0 Å². The van der Waals surface area contributed by atoms with E-state index < -0.39 is 11.8 Å². The lowest BCUT2D eigenvalue weighted by Gasteiger charge is -2.12. The van der Waals surface area contributed by atoms with Crippen LogP contribution in [0.15, 0.2) is 114 Å². The van der Waals surface area contributed by atoms with Crippen LogP contribution >= 0.6 is 11.8 Å². The quantitative estimate of drug-likeness (QED) is 0.118. The number of benzene rings is 4. The number of hydrogen-bond acceptors (Lipinski definition) is 6. The van der Waals surface area contributed by atoms with Crippen molar-refractivity contribution in [1.29, 1.82) is 0 Å². The van der Waals surface area contributed by atoms with Crippen LogP contribution in [0.5, 0.6) is 11.5 Å². The molecule has 0 aliphatic rings. The molecule has 4 rings (SSSR count). The van der Waals surface area contributed by atoms with E-state index in [4.69, 9.17) is 9.47 Å². The predicted octanol–water partition coefficient (Wildman–Crippen LogP) is 6.62. The van der Waals surface area contributed by atoms with Gasteiger partial charge in [0.15, 0.2) is 0 Å². The summed E-state index contributed by atoms with van der Waals surface area (Å²) in [6.45, 7) is 4.93. The van der Waals surface area contributed by atoms with Crippen LogP contribution in [0, 0.1) is 0 Å². The molecule has 0 aliphatic heterocycles. The number of carbonyl (C=O) groups excluding carboxylic acids is 3. The highest BCUT2D eigenvalue weighted by molar-refractivity contribution is 8.00. The first-order valence-corrected chi connectivity index (χ1v) is 14.8. The number of nitrogens with one attached hydrogen (secondary N) is 3. The fraction of sp³-hybridized carbons (Fsp3) is 0.147. The van der Waals surface area contributed by atoms with E-state index >= 15 is 0 Å². The summed E-state index contributed by atoms with van der Waals surface area (Å²) in [7, 11) is 0. The van der Waals surface area contributed by atoms with Crippen LogP contribution in [0.3, 0.4) is 0 Å². The smallest absolute Gasteiger partial charge is 0.272 e. The molecule has 0 bridgehead atoms. The maximum atomic E-state index is 13.4. The van der Waals surface area contributed by atoms with Crippen molar-refractivity contribution in [2.75, 3.05) is 29.6 Å². The third-order valence-corrected chi connectivity index (χ3v) is 6.94. The number of anilines is 2. The lowest BCUT2D eigenvalue weighted by Crippen LogP contribution is -2.30. The van der Waals surface area contributed by atoms with Gasteiger partial charge < -0.3 is 25.4 Å². The Morgan fingerprint density at radius 3 is 2.02 bits per heavy atom. The lowest BCUT2D eigenvalue weighted by molar-refractivity contribution is -0.114. The predicted molar refractivity (Wildman–Crippen MR) is 172 cm³/mol. The van der Waals surface area contributed by atoms with Gasteiger partial charge >= 0.3 is 0 Å². The Labute approximate surface area is 255 Å². The van der Waals surface area contributed by atoms with Crippen molar-refractivity contribution < 1.29 is 23.9 Å². The zero-order chi connectivity index (χ0) is 30.4. The number of ether oxygens (including phenoxy) is 2. The molecule has 0 heterocycles. The van der Waals surface area contributed by atoms with Crippen molar-refractivity contribution in [2.24, 2.45) is 0 Å². The normalized spacial score (nSPS) is 10.9. The van der Waals surface area contributed by atoms with Gasteiger partial charge in [0.2, 0.25) is 5.91 Å². The van der Waals surface area contributed by atoms with Crippen LogP contribution in [-0.4, -0.2) is 36.7 Å². The summed E-state index contributed by atoms with van der Waals surface area (Å²) in [5.41, 5.74) is 2.42. The molecule has 0 saturated heterocycles. The van der Waals surface area contributed by atoms with Crippen molar-refractivity contribution in [1.82, 2.24) is 5.32 Å². The van der Waals surface area contributed by atoms with E-state index in [0.29, 0.717) is 41.5 Å². The number of rotatable bonds is 13. The Balaban J connectivity index is 1.42. The first kappa shape index (κ1) is 30.9. The summed E-state index contributed by atoms with van der Waals surface area (Å²) in [4.78, 5) is 39.6. The van der Waals surface area contributed by atoms with Gasteiger partial charge in [-0.2, -0.15) is 0 Å². The molecule has 0 radical (unpaired) electrons. The molecular weight excluding hydrogens is 562 g/mol. The van der Waals surface area contributed by atoms with Gasteiger partial charge in [0.05, 0.1) is 19.0 Å². The first-order valence-electron chi connectivity index (χ1n) is 13.8. The summed E-state index contributed by atoms with van der Waals surface area (Å²) < 4.78 is 10.9.